The third kappa shape index (κ3) is 4.40. The summed E-state index contributed by atoms with van der Waals surface area (Å²) in [5.41, 5.74) is 4.91. The second-order valence-electron chi connectivity index (χ2n) is 6.02. The summed E-state index contributed by atoms with van der Waals surface area (Å²) in [6, 6.07) is 10.1. The number of hydrogen-bond acceptors (Lipinski definition) is 1. The van der Waals surface area contributed by atoms with Gasteiger partial charge in [-0.1, -0.05) is 85.9 Å². The van der Waals surface area contributed by atoms with E-state index in [4.69, 9.17) is 0 Å². The molecule has 1 aliphatic rings. The van der Waals surface area contributed by atoms with Crippen molar-refractivity contribution >= 4 is 5.91 Å². The average Bonchev–Trinajstić information content (AvgIpc) is 2.91. The average molecular weight is 345 g/mol. The van der Waals surface area contributed by atoms with Crippen molar-refractivity contribution in [3.05, 3.63) is 107 Å². The smallest absolute Gasteiger partial charge is 0.259 e. The molecule has 1 aromatic rings. The highest BCUT2D eigenvalue weighted by Gasteiger charge is 2.34. The fourth-order valence-electron chi connectivity index (χ4n) is 3.03. The monoisotopic (exact) mass is 345 g/mol. The number of hydrogen-bond donors (Lipinski definition) is 0. The Kier molecular flexibility index (Phi) is 7.16. The Morgan fingerprint density at radius 2 is 1.85 bits per heavy atom. The number of likely N-dealkylation sites (tertiary alicyclic amines) is 1. The molecule has 0 aromatic heterocycles. The first-order valence-electron chi connectivity index (χ1n) is 9.05. The zero-order valence-corrected chi connectivity index (χ0v) is 15.9. The van der Waals surface area contributed by atoms with E-state index >= 15 is 0 Å². The van der Waals surface area contributed by atoms with E-state index < -0.39 is 0 Å². The van der Waals surface area contributed by atoms with E-state index in [2.05, 4.69) is 25.7 Å². The van der Waals surface area contributed by atoms with Crippen molar-refractivity contribution in [3.63, 3.8) is 0 Å². The standard InChI is InChI=1S/C24H27NO/c1-5-13-21-22(17-12-16-19(6-2)7-3)24(26)25(23(21)8-4)18-20-14-10-9-11-15-20/h5-6,8-17H,1,7,18H2,2-4H3/b16-12+,19-6+,21-13-,22-17-,23-8+. The highest BCUT2D eigenvalue weighted by molar-refractivity contribution is 6.05. The van der Waals surface area contributed by atoms with Crippen LogP contribution < -0.4 is 0 Å². The van der Waals surface area contributed by atoms with Crippen molar-refractivity contribution in [3.8, 4) is 0 Å². The fraction of sp³-hybridized carbons (Fsp3) is 0.208. The van der Waals surface area contributed by atoms with E-state index in [0.29, 0.717) is 12.1 Å². The third-order valence-corrected chi connectivity index (χ3v) is 4.43. The van der Waals surface area contributed by atoms with Crippen LogP contribution in [-0.2, 0) is 11.3 Å². The molecule has 1 aliphatic heterocycles. The van der Waals surface area contributed by atoms with Gasteiger partial charge in [0.2, 0.25) is 0 Å². The van der Waals surface area contributed by atoms with Crippen LogP contribution in [0.5, 0.6) is 0 Å². The third-order valence-electron chi connectivity index (χ3n) is 4.43. The van der Waals surface area contributed by atoms with Crippen LogP contribution in [0.3, 0.4) is 0 Å². The summed E-state index contributed by atoms with van der Waals surface area (Å²) in [4.78, 5) is 14.9. The van der Waals surface area contributed by atoms with Gasteiger partial charge in [0.25, 0.3) is 5.91 Å². The van der Waals surface area contributed by atoms with Crippen LogP contribution in [0.15, 0.2) is 102 Å². The predicted molar refractivity (Wildman–Crippen MR) is 110 cm³/mol. The highest BCUT2D eigenvalue weighted by Crippen LogP contribution is 2.34. The molecule has 134 valence electrons. The van der Waals surface area contributed by atoms with Crippen molar-refractivity contribution in [2.75, 3.05) is 0 Å². The van der Waals surface area contributed by atoms with Gasteiger partial charge in [-0.2, -0.15) is 0 Å². The largest absolute Gasteiger partial charge is 0.304 e. The van der Waals surface area contributed by atoms with E-state index in [9.17, 15) is 4.79 Å². The van der Waals surface area contributed by atoms with Gasteiger partial charge in [-0.05, 0) is 31.9 Å². The molecule has 2 rings (SSSR count). The molecule has 2 heteroatoms. The van der Waals surface area contributed by atoms with Gasteiger partial charge in [0.1, 0.15) is 0 Å². The SMILES string of the molecule is C=C/C=C1C(=C/C=C/C(=C/C)CC)/C(=O)N(Cc2ccccc2)C/1=C/C. The molecule has 0 radical (unpaired) electrons. The zero-order valence-electron chi connectivity index (χ0n) is 15.9. The summed E-state index contributed by atoms with van der Waals surface area (Å²) >= 11 is 0. The number of benzene rings is 1. The Morgan fingerprint density at radius 1 is 1.12 bits per heavy atom. The van der Waals surface area contributed by atoms with Gasteiger partial charge >= 0.3 is 0 Å². The highest BCUT2D eigenvalue weighted by atomic mass is 16.2. The molecule has 0 aliphatic carbocycles. The Balaban J connectivity index is 2.40. The molecule has 26 heavy (non-hydrogen) atoms. The van der Waals surface area contributed by atoms with Gasteiger partial charge in [0.05, 0.1) is 6.54 Å². The van der Waals surface area contributed by atoms with Crippen LogP contribution in [0.1, 0.15) is 32.8 Å². The van der Waals surface area contributed by atoms with E-state index in [0.717, 1.165) is 23.3 Å². The lowest BCUT2D eigenvalue weighted by Gasteiger charge is -2.17. The van der Waals surface area contributed by atoms with Gasteiger partial charge in [-0.15, -0.1) is 0 Å². The lowest BCUT2D eigenvalue weighted by molar-refractivity contribution is -0.124. The molecular weight excluding hydrogens is 318 g/mol. The first-order chi connectivity index (χ1) is 12.7. The van der Waals surface area contributed by atoms with Crippen molar-refractivity contribution in [1.82, 2.24) is 4.90 Å². The second-order valence-corrected chi connectivity index (χ2v) is 6.02. The summed E-state index contributed by atoms with van der Waals surface area (Å²) in [5.74, 6) is 0.0261. The molecule has 0 saturated carbocycles. The van der Waals surface area contributed by atoms with Gasteiger partial charge < -0.3 is 4.90 Å². The maximum atomic E-state index is 13.1. The molecule has 2 nitrogen and oxygen atoms in total. The van der Waals surface area contributed by atoms with Crippen LogP contribution in [0.4, 0.5) is 0 Å². The molecule has 0 bridgehead atoms. The number of allylic oxidation sites excluding steroid dienone is 9. The number of carbonyl (C=O) groups is 1. The summed E-state index contributed by atoms with van der Waals surface area (Å²) < 4.78 is 0. The van der Waals surface area contributed by atoms with Gasteiger partial charge in [-0.3, -0.25) is 4.79 Å². The van der Waals surface area contributed by atoms with Crippen molar-refractivity contribution in [2.24, 2.45) is 0 Å². The molecule has 1 amide bonds. The zero-order chi connectivity index (χ0) is 18.9. The maximum Gasteiger partial charge on any atom is 0.259 e. The summed E-state index contributed by atoms with van der Waals surface area (Å²) in [6.07, 6.45) is 14.6. The quantitative estimate of drug-likeness (QED) is 0.465. The van der Waals surface area contributed by atoms with Gasteiger partial charge in [-0.25, -0.2) is 0 Å². The molecule has 0 spiro atoms. The number of carbonyl (C=O) groups excluding carboxylic acids is 1. The van der Waals surface area contributed by atoms with Crippen LogP contribution in [0, 0.1) is 0 Å². The van der Waals surface area contributed by atoms with Crippen LogP contribution >= 0.6 is 0 Å². The van der Waals surface area contributed by atoms with E-state index in [1.807, 2.05) is 73.4 Å². The molecule has 0 N–H and O–H groups in total. The topological polar surface area (TPSA) is 20.3 Å². The summed E-state index contributed by atoms with van der Waals surface area (Å²) in [7, 11) is 0. The lowest BCUT2D eigenvalue weighted by atomic mass is 10.1. The van der Waals surface area contributed by atoms with Crippen LogP contribution in [0.2, 0.25) is 0 Å². The number of rotatable bonds is 6. The minimum atomic E-state index is 0.0261. The Morgan fingerprint density at radius 3 is 2.42 bits per heavy atom. The van der Waals surface area contributed by atoms with Crippen LogP contribution in [-0.4, -0.2) is 10.8 Å². The second kappa shape index (κ2) is 9.57. The summed E-state index contributed by atoms with van der Waals surface area (Å²) in [5, 5.41) is 0. The lowest BCUT2D eigenvalue weighted by Crippen LogP contribution is -2.23. The van der Waals surface area contributed by atoms with Gasteiger partial charge in [0, 0.05) is 16.8 Å². The van der Waals surface area contributed by atoms with Crippen LogP contribution in [0.25, 0.3) is 0 Å². The Labute approximate surface area is 157 Å². The minimum Gasteiger partial charge on any atom is -0.304 e. The summed E-state index contributed by atoms with van der Waals surface area (Å²) in [6.45, 7) is 10.5. The van der Waals surface area contributed by atoms with Crippen molar-refractivity contribution < 1.29 is 4.79 Å². The van der Waals surface area contributed by atoms with Crippen molar-refractivity contribution in [2.45, 2.75) is 33.7 Å². The normalized spacial score (nSPS) is 20.1. The molecule has 1 fully saturated rings. The number of nitrogens with zero attached hydrogens (tertiary/aromatic N) is 1. The van der Waals surface area contributed by atoms with Crippen molar-refractivity contribution in [1.29, 1.82) is 0 Å². The minimum absolute atomic E-state index is 0.0261. The Bertz CT molecular complexity index is 804. The molecule has 1 heterocycles. The van der Waals surface area contributed by atoms with E-state index in [1.54, 1.807) is 6.08 Å². The molecule has 1 saturated heterocycles. The molecular formula is C24H27NO. The first-order valence-corrected chi connectivity index (χ1v) is 9.05. The molecule has 0 atom stereocenters. The Hall–Kier alpha value is -2.87. The predicted octanol–water partition coefficient (Wildman–Crippen LogP) is 5.88. The molecule has 1 aromatic carbocycles. The van der Waals surface area contributed by atoms with E-state index in [-0.39, 0.29) is 5.91 Å². The molecule has 0 unspecified atom stereocenters. The number of amides is 1. The van der Waals surface area contributed by atoms with Gasteiger partial charge in [0.15, 0.2) is 0 Å². The first kappa shape index (κ1) is 19.5. The van der Waals surface area contributed by atoms with E-state index in [1.165, 1.54) is 5.57 Å². The fourth-order valence-corrected chi connectivity index (χ4v) is 3.03. The maximum absolute atomic E-state index is 13.1.